The number of aromatic nitrogens is 3. The molecule has 2 rings (SSSR count). The molecule has 0 saturated carbocycles. The van der Waals surface area contributed by atoms with Crippen LogP contribution in [-0.2, 0) is 6.54 Å². The number of H-pyrrole nitrogens is 1. The van der Waals surface area contributed by atoms with Gasteiger partial charge in [0.25, 0.3) is 5.91 Å². The van der Waals surface area contributed by atoms with Crippen molar-refractivity contribution in [1.82, 2.24) is 20.3 Å². The molecule has 0 bridgehead atoms. The van der Waals surface area contributed by atoms with Crippen molar-refractivity contribution in [3.63, 3.8) is 0 Å². The molecule has 0 saturated heterocycles. The number of hydrogen-bond donors (Lipinski definition) is 1. The monoisotopic (exact) mass is 273 g/mol. The molecule has 1 aromatic heterocycles. The van der Waals surface area contributed by atoms with Gasteiger partial charge in [-0.3, -0.25) is 4.79 Å². The van der Waals surface area contributed by atoms with Gasteiger partial charge in [0.15, 0.2) is 5.69 Å². The second-order valence-electron chi connectivity index (χ2n) is 4.09. The topological polar surface area (TPSA) is 85.7 Å². The average Bonchev–Trinajstić information content (AvgIpc) is 2.99. The SMILES string of the molecule is CCN(Cc1ccc(C#N)cc1F)C(=O)c1cn[nH]n1. The second-order valence-corrected chi connectivity index (χ2v) is 4.09. The van der Waals surface area contributed by atoms with E-state index in [1.54, 1.807) is 6.92 Å². The van der Waals surface area contributed by atoms with E-state index in [4.69, 9.17) is 5.26 Å². The number of benzene rings is 1. The Morgan fingerprint density at radius 2 is 2.35 bits per heavy atom. The maximum absolute atomic E-state index is 13.8. The van der Waals surface area contributed by atoms with Crippen LogP contribution in [0.2, 0.25) is 0 Å². The summed E-state index contributed by atoms with van der Waals surface area (Å²) >= 11 is 0. The van der Waals surface area contributed by atoms with Crippen molar-refractivity contribution in [2.75, 3.05) is 6.54 Å². The highest BCUT2D eigenvalue weighted by atomic mass is 19.1. The van der Waals surface area contributed by atoms with E-state index in [0.29, 0.717) is 12.1 Å². The summed E-state index contributed by atoms with van der Waals surface area (Å²) < 4.78 is 13.8. The number of halogens is 1. The van der Waals surface area contributed by atoms with Crippen LogP contribution in [0.5, 0.6) is 0 Å². The van der Waals surface area contributed by atoms with E-state index in [9.17, 15) is 9.18 Å². The largest absolute Gasteiger partial charge is 0.333 e. The zero-order valence-corrected chi connectivity index (χ0v) is 10.8. The molecule has 20 heavy (non-hydrogen) atoms. The standard InChI is InChI=1S/C13H12FN5O/c1-2-19(13(20)12-7-16-18-17-12)8-10-4-3-9(6-15)5-11(10)14/h3-5,7H,2,8H2,1H3,(H,16,17,18). The summed E-state index contributed by atoms with van der Waals surface area (Å²) in [7, 11) is 0. The molecule has 1 heterocycles. The molecule has 0 unspecified atom stereocenters. The van der Waals surface area contributed by atoms with Crippen LogP contribution in [0.3, 0.4) is 0 Å². The van der Waals surface area contributed by atoms with Crippen LogP contribution >= 0.6 is 0 Å². The minimum Gasteiger partial charge on any atom is -0.333 e. The van der Waals surface area contributed by atoms with Crippen LogP contribution in [-0.4, -0.2) is 32.8 Å². The number of nitrogens with zero attached hydrogens (tertiary/aromatic N) is 4. The number of carbonyl (C=O) groups excluding carboxylic acids is 1. The predicted molar refractivity (Wildman–Crippen MR) is 67.9 cm³/mol. The van der Waals surface area contributed by atoms with E-state index in [0.717, 1.165) is 6.07 Å². The van der Waals surface area contributed by atoms with Crippen LogP contribution in [0, 0.1) is 17.1 Å². The summed E-state index contributed by atoms with van der Waals surface area (Å²) in [5.41, 5.74) is 0.778. The molecule has 0 fully saturated rings. The molecule has 1 aromatic carbocycles. The van der Waals surface area contributed by atoms with E-state index in [-0.39, 0.29) is 23.7 Å². The van der Waals surface area contributed by atoms with Gasteiger partial charge in [-0.1, -0.05) is 6.07 Å². The number of nitrogens with one attached hydrogen (secondary N) is 1. The first-order valence-electron chi connectivity index (χ1n) is 5.99. The Morgan fingerprint density at radius 1 is 1.55 bits per heavy atom. The number of rotatable bonds is 4. The van der Waals surface area contributed by atoms with Gasteiger partial charge in [0, 0.05) is 18.7 Å². The fraction of sp³-hybridized carbons (Fsp3) is 0.231. The summed E-state index contributed by atoms with van der Waals surface area (Å²) in [6.07, 6.45) is 1.32. The maximum Gasteiger partial charge on any atom is 0.276 e. The van der Waals surface area contributed by atoms with Crippen molar-refractivity contribution in [2.24, 2.45) is 0 Å². The van der Waals surface area contributed by atoms with Gasteiger partial charge in [0.2, 0.25) is 0 Å². The Bertz CT molecular complexity index is 647. The highest BCUT2D eigenvalue weighted by molar-refractivity contribution is 5.91. The highest BCUT2D eigenvalue weighted by Gasteiger charge is 2.18. The second kappa shape index (κ2) is 5.93. The lowest BCUT2D eigenvalue weighted by Crippen LogP contribution is -2.31. The summed E-state index contributed by atoms with van der Waals surface area (Å²) in [5.74, 6) is -0.833. The molecule has 102 valence electrons. The zero-order valence-electron chi connectivity index (χ0n) is 10.8. The summed E-state index contributed by atoms with van der Waals surface area (Å²) in [6, 6.07) is 6.05. The van der Waals surface area contributed by atoms with Crippen LogP contribution in [0.4, 0.5) is 4.39 Å². The van der Waals surface area contributed by atoms with Crippen LogP contribution in [0.1, 0.15) is 28.5 Å². The third kappa shape index (κ3) is 2.80. The summed E-state index contributed by atoms with van der Waals surface area (Å²) in [4.78, 5) is 13.6. The predicted octanol–water partition coefficient (Wildman–Crippen LogP) is 1.48. The van der Waals surface area contributed by atoms with Gasteiger partial charge >= 0.3 is 0 Å². The Labute approximate surface area is 114 Å². The lowest BCUT2D eigenvalue weighted by molar-refractivity contribution is 0.0745. The minimum atomic E-state index is -0.504. The first-order valence-corrected chi connectivity index (χ1v) is 5.99. The molecule has 0 aliphatic heterocycles. The average molecular weight is 273 g/mol. The highest BCUT2D eigenvalue weighted by Crippen LogP contribution is 2.14. The molecule has 6 nitrogen and oxygen atoms in total. The van der Waals surface area contributed by atoms with Gasteiger partial charge in [-0.2, -0.15) is 20.7 Å². The Kier molecular flexibility index (Phi) is 4.05. The van der Waals surface area contributed by atoms with Crippen molar-refractivity contribution in [3.05, 3.63) is 47.0 Å². The first-order chi connectivity index (χ1) is 9.65. The normalized spacial score (nSPS) is 10.1. The molecule has 1 N–H and O–H groups in total. The molecular weight excluding hydrogens is 261 g/mol. The maximum atomic E-state index is 13.8. The van der Waals surface area contributed by atoms with Gasteiger partial charge < -0.3 is 4.90 Å². The quantitative estimate of drug-likeness (QED) is 0.914. The number of nitriles is 1. The van der Waals surface area contributed by atoms with Gasteiger partial charge in [-0.05, 0) is 19.1 Å². The third-order valence-corrected chi connectivity index (χ3v) is 2.85. The number of hydrogen-bond acceptors (Lipinski definition) is 4. The van der Waals surface area contributed by atoms with Crippen molar-refractivity contribution in [3.8, 4) is 6.07 Å². The van der Waals surface area contributed by atoms with Crippen LogP contribution in [0.25, 0.3) is 0 Å². The van der Waals surface area contributed by atoms with Crippen molar-refractivity contribution >= 4 is 5.91 Å². The van der Waals surface area contributed by atoms with Gasteiger partial charge in [0.1, 0.15) is 5.82 Å². The molecule has 0 aliphatic carbocycles. The lowest BCUT2D eigenvalue weighted by atomic mass is 10.1. The van der Waals surface area contributed by atoms with E-state index in [1.807, 2.05) is 6.07 Å². The fourth-order valence-electron chi connectivity index (χ4n) is 1.74. The molecule has 0 radical (unpaired) electrons. The number of aromatic amines is 1. The van der Waals surface area contributed by atoms with Gasteiger partial charge in [-0.15, -0.1) is 0 Å². The molecule has 0 spiro atoms. The molecule has 7 heteroatoms. The third-order valence-electron chi connectivity index (χ3n) is 2.85. The molecular formula is C13H12FN5O. The smallest absolute Gasteiger partial charge is 0.276 e. The Balaban J connectivity index is 2.19. The van der Waals surface area contributed by atoms with E-state index >= 15 is 0 Å². The van der Waals surface area contributed by atoms with Gasteiger partial charge in [0.05, 0.1) is 17.8 Å². The van der Waals surface area contributed by atoms with E-state index in [2.05, 4.69) is 15.4 Å². The Hall–Kier alpha value is -2.75. The Morgan fingerprint density at radius 3 is 2.90 bits per heavy atom. The number of amides is 1. The zero-order chi connectivity index (χ0) is 14.5. The first kappa shape index (κ1) is 13.7. The molecule has 0 aliphatic rings. The minimum absolute atomic E-state index is 0.111. The van der Waals surface area contributed by atoms with E-state index in [1.165, 1.54) is 23.2 Å². The fourth-order valence-corrected chi connectivity index (χ4v) is 1.74. The summed E-state index contributed by atoms with van der Waals surface area (Å²) in [5, 5.41) is 18.3. The summed E-state index contributed by atoms with van der Waals surface area (Å²) in [6.45, 7) is 2.31. The van der Waals surface area contributed by atoms with Gasteiger partial charge in [-0.25, -0.2) is 4.39 Å². The van der Waals surface area contributed by atoms with E-state index < -0.39 is 5.82 Å². The molecule has 1 amide bonds. The van der Waals surface area contributed by atoms with Crippen molar-refractivity contribution < 1.29 is 9.18 Å². The van der Waals surface area contributed by atoms with Crippen LogP contribution in [0.15, 0.2) is 24.4 Å². The van der Waals surface area contributed by atoms with Crippen molar-refractivity contribution in [2.45, 2.75) is 13.5 Å². The molecule has 0 atom stereocenters. The number of carbonyl (C=O) groups is 1. The lowest BCUT2D eigenvalue weighted by Gasteiger charge is -2.20. The molecule has 2 aromatic rings. The van der Waals surface area contributed by atoms with Crippen LogP contribution < -0.4 is 0 Å². The van der Waals surface area contributed by atoms with Crippen molar-refractivity contribution in [1.29, 1.82) is 5.26 Å².